The molecular formula is C45H62N6O8S. The van der Waals surface area contributed by atoms with Gasteiger partial charge in [0, 0.05) is 44.7 Å². The SMILES string of the molecule is CCOC(CN(Cc1cccc2sc(NC(=O)OC(C)(C)C)nc12)C(=O)C(Cc1ccc(OC(C)(C)C)cc1)NC(=O)CC(C)(C)NC(=O)NCc1ccccc1)OCC. The number of urea groups is 1. The number of rotatable bonds is 19. The van der Waals surface area contributed by atoms with Crippen molar-refractivity contribution in [3.05, 3.63) is 89.5 Å². The van der Waals surface area contributed by atoms with Crippen LogP contribution in [0.25, 0.3) is 10.2 Å². The zero-order chi connectivity index (χ0) is 44.1. The third-order valence-electron chi connectivity index (χ3n) is 8.63. The van der Waals surface area contributed by atoms with Gasteiger partial charge in [0.1, 0.15) is 23.0 Å². The van der Waals surface area contributed by atoms with Crippen LogP contribution in [0.2, 0.25) is 0 Å². The highest BCUT2D eigenvalue weighted by Crippen LogP contribution is 2.30. The monoisotopic (exact) mass is 846 g/mol. The molecule has 0 spiro atoms. The molecule has 15 heteroatoms. The summed E-state index contributed by atoms with van der Waals surface area (Å²) in [5.41, 5.74) is 0.973. The van der Waals surface area contributed by atoms with E-state index in [9.17, 15) is 19.2 Å². The summed E-state index contributed by atoms with van der Waals surface area (Å²) >= 11 is 1.29. The van der Waals surface area contributed by atoms with Gasteiger partial charge in [0.05, 0.1) is 16.8 Å². The van der Waals surface area contributed by atoms with Gasteiger partial charge >= 0.3 is 12.1 Å². The lowest BCUT2D eigenvalue weighted by molar-refractivity contribution is -0.161. The van der Waals surface area contributed by atoms with Crippen molar-refractivity contribution in [2.75, 3.05) is 25.1 Å². The summed E-state index contributed by atoms with van der Waals surface area (Å²) in [4.78, 5) is 60.7. The maximum absolute atomic E-state index is 15.0. The van der Waals surface area contributed by atoms with Crippen LogP contribution in [-0.2, 0) is 43.3 Å². The highest BCUT2D eigenvalue weighted by Gasteiger charge is 2.32. The fourth-order valence-corrected chi connectivity index (χ4v) is 7.14. The molecule has 4 aromatic rings. The molecule has 0 radical (unpaired) electrons. The third-order valence-corrected chi connectivity index (χ3v) is 9.56. The van der Waals surface area contributed by atoms with E-state index in [1.807, 2.05) is 107 Å². The number of ether oxygens (including phenoxy) is 4. The molecule has 3 aromatic carbocycles. The molecule has 1 unspecified atom stereocenters. The molecule has 0 saturated heterocycles. The van der Waals surface area contributed by atoms with E-state index in [4.69, 9.17) is 23.9 Å². The lowest BCUT2D eigenvalue weighted by Crippen LogP contribution is -2.54. The molecule has 1 heterocycles. The Bertz CT molecular complexity index is 2020. The van der Waals surface area contributed by atoms with E-state index >= 15 is 0 Å². The first-order chi connectivity index (χ1) is 28.2. The summed E-state index contributed by atoms with van der Waals surface area (Å²) in [5, 5.41) is 11.8. The predicted molar refractivity (Wildman–Crippen MR) is 235 cm³/mol. The summed E-state index contributed by atoms with van der Waals surface area (Å²) in [6.45, 7) is 19.6. The van der Waals surface area contributed by atoms with Crippen LogP contribution in [0.4, 0.5) is 14.7 Å². The van der Waals surface area contributed by atoms with Gasteiger partial charge in [-0.25, -0.2) is 14.6 Å². The molecule has 0 aliphatic heterocycles. The van der Waals surface area contributed by atoms with Crippen molar-refractivity contribution in [2.45, 2.75) is 124 Å². The summed E-state index contributed by atoms with van der Waals surface area (Å²) < 4.78 is 24.1. The van der Waals surface area contributed by atoms with Crippen molar-refractivity contribution in [3.63, 3.8) is 0 Å². The molecule has 0 saturated carbocycles. The maximum Gasteiger partial charge on any atom is 0.413 e. The Morgan fingerprint density at radius 3 is 2.08 bits per heavy atom. The molecule has 4 rings (SSSR count). The number of carbonyl (C=O) groups excluding carboxylic acids is 4. The number of hydrogen-bond donors (Lipinski definition) is 4. The molecule has 0 aliphatic carbocycles. The molecule has 1 atom stereocenters. The Balaban J connectivity index is 1.63. The smallest absolute Gasteiger partial charge is 0.413 e. The molecule has 0 bridgehead atoms. The molecule has 4 N–H and O–H groups in total. The number of para-hydroxylation sites is 1. The topological polar surface area (TPSA) is 169 Å². The van der Waals surface area contributed by atoms with Gasteiger partial charge in [-0.15, -0.1) is 0 Å². The predicted octanol–water partition coefficient (Wildman–Crippen LogP) is 7.94. The minimum Gasteiger partial charge on any atom is -0.488 e. The van der Waals surface area contributed by atoms with Crippen LogP contribution in [0.5, 0.6) is 5.75 Å². The fourth-order valence-electron chi connectivity index (χ4n) is 6.24. The van der Waals surface area contributed by atoms with Crippen molar-refractivity contribution < 1.29 is 38.1 Å². The number of carbonyl (C=O) groups is 4. The maximum atomic E-state index is 15.0. The van der Waals surface area contributed by atoms with Gasteiger partial charge in [0.25, 0.3) is 0 Å². The van der Waals surface area contributed by atoms with Crippen molar-refractivity contribution in [1.29, 1.82) is 0 Å². The number of thiazole rings is 1. The molecule has 1 aromatic heterocycles. The van der Waals surface area contributed by atoms with E-state index in [-0.39, 0.29) is 31.8 Å². The summed E-state index contributed by atoms with van der Waals surface area (Å²) in [5.74, 6) is -0.139. The van der Waals surface area contributed by atoms with Gasteiger partial charge < -0.3 is 39.8 Å². The number of hydrogen-bond acceptors (Lipinski definition) is 10. The van der Waals surface area contributed by atoms with Crippen LogP contribution in [0.3, 0.4) is 0 Å². The van der Waals surface area contributed by atoms with E-state index < -0.39 is 47.1 Å². The number of benzene rings is 3. The molecular weight excluding hydrogens is 785 g/mol. The molecule has 60 heavy (non-hydrogen) atoms. The van der Waals surface area contributed by atoms with E-state index in [0.717, 1.165) is 15.8 Å². The Kier molecular flexibility index (Phi) is 16.9. The van der Waals surface area contributed by atoms with Crippen LogP contribution in [-0.4, -0.2) is 82.7 Å². The Morgan fingerprint density at radius 1 is 0.800 bits per heavy atom. The van der Waals surface area contributed by atoms with E-state index in [1.165, 1.54) is 11.3 Å². The highest BCUT2D eigenvalue weighted by atomic mass is 32.1. The van der Waals surface area contributed by atoms with Gasteiger partial charge in [-0.2, -0.15) is 0 Å². The molecule has 0 fully saturated rings. The summed E-state index contributed by atoms with van der Waals surface area (Å²) in [7, 11) is 0. The number of amides is 5. The van der Waals surface area contributed by atoms with Gasteiger partial charge in [-0.05, 0) is 104 Å². The zero-order valence-electron chi connectivity index (χ0n) is 36.6. The highest BCUT2D eigenvalue weighted by molar-refractivity contribution is 7.22. The molecule has 14 nitrogen and oxygen atoms in total. The Morgan fingerprint density at radius 2 is 1.47 bits per heavy atom. The van der Waals surface area contributed by atoms with Crippen LogP contribution in [0, 0.1) is 0 Å². The van der Waals surface area contributed by atoms with E-state index in [0.29, 0.717) is 41.7 Å². The molecule has 326 valence electrons. The second-order valence-corrected chi connectivity index (χ2v) is 18.0. The van der Waals surface area contributed by atoms with Gasteiger partial charge in [-0.3, -0.25) is 14.9 Å². The first-order valence-electron chi connectivity index (χ1n) is 20.3. The van der Waals surface area contributed by atoms with Crippen molar-refractivity contribution in [1.82, 2.24) is 25.8 Å². The normalized spacial score (nSPS) is 12.4. The van der Waals surface area contributed by atoms with Crippen LogP contribution in [0.1, 0.15) is 92.3 Å². The average molecular weight is 847 g/mol. The summed E-state index contributed by atoms with van der Waals surface area (Å²) in [6, 6.07) is 21.1. The van der Waals surface area contributed by atoms with Crippen molar-refractivity contribution in [3.8, 4) is 5.75 Å². The van der Waals surface area contributed by atoms with Crippen LogP contribution < -0.4 is 26.0 Å². The first-order valence-corrected chi connectivity index (χ1v) is 21.1. The van der Waals surface area contributed by atoms with Crippen molar-refractivity contribution >= 4 is 50.6 Å². The second-order valence-electron chi connectivity index (χ2n) is 17.0. The molecule has 0 aliphatic rings. The van der Waals surface area contributed by atoms with Gasteiger partial charge in [-0.1, -0.05) is 65.9 Å². The number of aromatic nitrogens is 1. The van der Waals surface area contributed by atoms with Crippen LogP contribution >= 0.6 is 11.3 Å². The van der Waals surface area contributed by atoms with Crippen molar-refractivity contribution in [2.24, 2.45) is 0 Å². The van der Waals surface area contributed by atoms with Crippen LogP contribution in [0.15, 0.2) is 72.8 Å². The standard InChI is InChI=1S/C45H62N6O8S/c1-11-56-37(57-12-2)29-51(28-32-19-16-20-35-38(32)48-41(60-35)49-42(55)59-44(6,7)8)39(53)34(25-30-21-23-33(24-22-30)58-43(3,4)5)47-36(52)26-45(9,10)50-40(54)46-27-31-17-14-13-15-18-31/h13-24,34,37H,11-12,25-29H2,1-10H3,(H,47,52)(H2,46,50,54)(H,48,49,55). The minimum atomic E-state index is -1.03. The Labute approximate surface area is 358 Å². The fraction of sp³-hybridized carbons (Fsp3) is 0.489. The number of nitrogens with one attached hydrogen (secondary N) is 4. The third kappa shape index (κ3) is 16.1. The number of anilines is 1. The lowest BCUT2D eigenvalue weighted by atomic mass is 9.99. The van der Waals surface area contributed by atoms with Gasteiger partial charge in [0.2, 0.25) is 11.8 Å². The van der Waals surface area contributed by atoms with E-state index in [2.05, 4.69) is 21.3 Å². The molecule has 5 amide bonds. The quantitative estimate of drug-likeness (QED) is 0.0685. The Hall–Kier alpha value is -5.25. The number of nitrogens with zero attached hydrogens (tertiary/aromatic N) is 2. The first kappa shape index (κ1) is 47.4. The van der Waals surface area contributed by atoms with E-state index in [1.54, 1.807) is 39.5 Å². The lowest BCUT2D eigenvalue weighted by Gasteiger charge is -2.32. The summed E-state index contributed by atoms with van der Waals surface area (Å²) in [6.07, 6.45) is -1.34. The zero-order valence-corrected chi connectivity index (χ0v) is 37.4. The average Bonchev–Trinajstić information content (AvgIpc) is 3.56. The van der Waals surface area contributed by atoms with Gasteiger partial charge in [0.15, 0.2) is 11.4 Å². The second kappa shape index (κ2) is 21.3. The number of fused-ring (bicyclic) bond motifs is 1. The largest absolute Gasteiger partial charge is 0.488 e. The minimum absolute atomic E-state index is 0.0451.